The van der Waals surface area contributed by atoms with Crippen molar-refractivity contribution in [2.75, 3.05) is 11.9 Å². The van der Waals surface area contributed by atoms with Crippen molar-refractivity contribution in [3.8, 4) is 6.07 Å². The lowest BCUT2D eigenvalue weighted by atomic mass is 10.1. The molecule has 0 radical (unpaired) electrons. The number of hydrogen-bond donors (Lipinski definition) is 2. The number of hydrogen-bond acceptors (Lipinski definition) is 3. The van der Waals surface area contributed by atoms with Crippen LogP contribution >= 0.6 is 0 Å². The summed E-state index contributed by atoms with van der Waals surface area (Å²) in [7, 11) is 0. The fourth-order valence-electron chi connectivity index (χ4n) is 1.54. The number of aliphatic carboxylic acids is 1. The predicted molar refractivity (Wildman–Crippen MR) is 65.8 cm³/mol. The number of anilines is 1. The Bertz CT molecular complexity index is 449. The lowest BCUT2D eigenvalue weighted by Crippen LogP contribution is -2.22. The van der Waals surface area contributed by atoms with Crippen LogP contribution in [0.25, 0.3) is 0 Å². The first kappa shape index (κ1) is 13.0. The van der Waals surface area contributed by atoms with Gasteiger partial charge in [0, 0.05) is 6.54 Å². The van der Waals surface area contributed by atoms with E-state index < -0.39 is 11.9 Å². The van der Waals surface area contributed by atoms with E-state index in [1.807, 2.05) is 26.0 Å². The molecule has 1 aromatic rings. The molecule has 0 spiro atoms. The van der Waals surface area contributed by atoms with Crippen molar-refractivity contribution in [2.45, 2.75) is 20.3 Å². The zero-order chi connectivity index (χ0) is 12.8. The minimum Gasteiger partial charge on any atom is -0.481 e. The molecule has 1 aromatic carbocycles. The average Bonchev–Trinajstić information content (AvgIpc) is 2.31. The highest BCUT2D eigenvalue weighted by atomic mass is 16.4. The largest absolute Gasteiger partial charge is 0.481 e. The molecule has 0 aliphatic heterocycles. The zero-order valence-electron chi connectivity index (χ0n) is 10.0. The standard InChI is InChI=1S/C13H16N2O2/c1-3-10(13(16)17)8-15-12-5-4-9(2)6-11(12)7-14/h4-6,10,15H,3,8H2,1-2H3,(H,16,17). The molecule has 1 atom stereocenters. The first-order valence-electron chi connectivity index (χ1n) is 5.56. The fourth-order valence-corrected chi connectivity index (χ4v) is 1.54. The Morgan fingerprint density at radius 3 is 2.82 bits per heavy atom. The normalized spacial score (nSPS) is 11.6. The first-order chi connectivity index (χ1) is 8.08. The molecule has 17 heavy (non-hydrogen) atoms. The second-order valence-corrected chi connectivity index (χ2v) is 3.99. The minimum atomic E-state index is -0.814. The number of aryl methyl sites for hydroxylation is 1. The van der Waals surface area contributed by atoms with Gasteiger partial charge in [-0.25, -0.2) is 0 Å². The van der Waals surface area contributed by atoms with Crippen molar-refractivity contribution in [1.82, 2.24) is 0 Å². The number of carboxylic acid groups (broad SMARTS) is 1. The zero-order valence-corrected chi connectivity index (χ0v) is 10.0. The van der Waals surface area contributed by atoms with Crippen LogP contribution in [0.3, 0.4) is 0 Å². The molecule has 4 heteroatoms. The number of nitrogens with one attached hydrogen (secondary N) is 1. The van der Waals surface area contributed by atoms with E-state index in [9.17, 15) is 4.79 Å². The van der Waals surface area contributed by atoms with Gasteiger partial charge < -0.3 is 10.4 Å². The second kappa shape index (κ2) is 5.90. The number of nitrogens with zero attached hydrogens (tertiary/aromatic N) is 1. The van der Waals surface area contributed by atoms with Crippen molar-refractivity contribution in [3.63, 3.8) is 0 Å². The molecule has 0 bridgehead atoms. The van der Waals surface area contributed by atoms with Crippen LogP contribution in [0.1, 0.15) is 24.5 Å². The van der Waals surface area contributed by atoms with E-state index in [1.165, 1.54) is 0 Å². The molecular formula is C13H16N2O2. The van der Waals surface area contributed by atoms with Gasteiger partial charge in [0.2, 0.25) is 0 Å². The summed E-state index contributed by atoms with van der Waals surface area (Å²) in [5, 5.41) is 20.9. The summed E-state index contributed by atoms with van der Waals surface area (Å²) < 4.78 is 0. The Morgan fingerprint density at radius 1 is 1.59 bits per heavy atom. The van der Waals surface area contributed by atoms with Crippen LogP contribution in [0.15, 0.2) is 18.2 Å². The summed E-state index contributed by atoms with van der Waals surface area (Å²) in [5.74, 6) is -1.24. The van der Waals surface area contributed by atoms with Crippen LogP contribution in [0.5, 0.6) is 0 Å². The van der Waals surface area contributed by atoms with E-state index in [1.54, 1.807) is 6.07 Å². The topological polar surface area (TPSA) is 73.1 Å². The molecule has 0 fully saturated rings. The predicted octanol–water partition coefficient (Wildman–Crippen LogP) is 2.39. The van der Waals surface area contributed by atoms with Crippen LogP contribution < -0.4 is 5.32 Å². The summed E-state index contributed by atoms with van der Waals surface area (Å²) in [6, 6.07) is 7.58. The number of nitriles is 1. The van der Waals surface area contributed by atoms with Gasteiger partial charge in [-0.05, 0) is 31.0 Å². The molecule has 0 aliphatic rings. The molecule has 4 nitrogen and oxygen atoms in total. The molecule has 0 amide bonds. The van der Waals surface area contributed by atoms with E-state index in [0.29, 0.717) is 24.2 Å². The molecule has 1 unspecified atom stereocenters. The number of benzene rings is 1. The summed E-state index contributed by atoms with van der Waals surface area (Å²) in [6.45, 7) is 4.08. The quantitative estimate of drug-likeness (QED) is 0.817. The third kappa shape index (κ3) is 3.49. The van der Waals surface area contributed by atoms with E-state index in [0.717, 1.165) is 5.56 Å². The van der Waals surface area contributed by atoms with Crippen LogP contribution in [-0.2, 0) is 4.79 Å². The minimum absolute atomic E-state index is 0.337. The highest BCUT2D eigenvalue weighted by molar-refractivity contribution is 5.71. The monoisotopic (exact) mass is 232 g/mol. The van der Waals surface area contributed by atoms with Crippen LogP contribution in [0.4, 0.5) is 5.69 Å². The highest BCUT2D eigenvalue weighted by Crippen LogP contribution is 2.17. The smallest absolute Gasteiger partial charge is 0.308 e. The molecule has 0 saturated heterocycles. The summed E-state index contributed by atoms with van der Waals surface area (Å²) in [5.41, 5.74) is 2.25. The average molecular weight is 232 g/mol. The molecule has 2 N–H and O–H groups in total. The molecule has 0 heterocycles. The Labute approximate surface area is 101 Å². The molecule has 0 aromatic heterocycles. The van der Waals surface area contributed by atoms with Gasteiger partial charge in [-0.2, -0.15) is 5.26 Å². The second-order valence-electron chi connectivity index (χ2n) is 3.99. The van der Waals surface area contributed by atoms with Crippen molar-refractivity contribution in [3.05, 3.63) is 29.3 Å². The lowest BCUT2D eigenvalue weighted by Gasteiger charge is -2.13. The third-order valence-electron chi connectivity index (χ3n) is 2.68. The number of rotatable bonds is 5. The van der Waals surface area contributed by atoms with Gasteiger partial charge in [0.1, 0.15) is 6.07 Å². The maximum absolute atomic E-state index is 10.9. The maximum Gasteiger partial charge on any atom is 0.308 e. The molecule has 0 aliphatic carbocycles. The molecule has 90 valence electrons. The fraction of sp³-hybridized carbons (Fsp3) is 0.385. The van der Waals surface area contributed by atoms with Crippen molar-refractivity contribution in [1.29, 1.82) is 5.26 Å². The molecule has 1 rings (SSSR count). The van der Waals surface area contributed by atoms with Gasteiger partial charge in [0.05, 0.1) is 17.2 Å². The lowest BCUT2D eigenvalue weighted by molar-refractivity contribution is -0.141. The first-order valence-corrected chi connectivity index (χ1v) is 5.56. The van der Waals surface area contributed by atoms with Crippen molar-refractivity contribution >= 4 is 11.7 Å². The Balaban J connectivity index is 2.76. The molecular weight excluding hydrogens is 216 g/mol. The van der Waals surface area contributed by atoms with Crippen molar-refractivity contribution in [2.24, 2.45) is 5.92 Å². The van der Waals surface area contributed by atoms with E-state index >= 15 is 0 Å². The van der Waals surface area contributed by atoms with Gasteiger partial charge in [0.25, 0.3) is 0 Å². The van der Waals surface area contributed by atoms with Gasteiger partial charge >= 0.3 is 5.97 Å². The van der Waals surface area contributed by atoms with Crippen LogP contribution in [0.2, 0.25) is 0 Å². The Morgan fingerprint density at radius 2 is 2.29 bits per heavy atom. The van der Waals surface area contributed by atoms with Crippen molar-refractivity contribution < 1.29 is 9.90 Å². The maximum atomic E-state index is 10.9. The SMILES string of the molecule is CCC(CNc1ccc(C)cc1C#N)C(=O)O. The van der Waals surface area contributed by atoms with Gasteiger partial charge in [-0.3, -0.25) is 4.79 Å². The Hall–Kier alpha value is -2.02. The molecule has 0 saturated carbocycles. The van der Waals surface area contributed by atoms with Gasteiger partial charge in [-0.1, -0.05) is 13.0 Å². The Kier molecular flexibility index (Phi) is 4.53. The van der Waals surface area contributed by atoms with Crippen LogP contribution in [-0.4, -0.2) is 17.6 Å². The number of carboxylic acids is 1. The number of carbonyl (C=O) groups is 1. The van der Waals surface area contributed by atoms with E-state index in [4.69, 9.17) is 10.4 Å². The summed E-state index contributed by atoms with van der Waals surface area (Å²) in [4.78, 5) is 10.9. The van der Waals surface area contributed by atoms with Gasteiger partial charge in [0.15, 0.2) is 0 Å². The van der Waals surface area contributed by atoms with E-state index in [2.05, 4.69) is 11.4 Å². The highest BCUT2D eigenvalue weighted by Gasteiger charge is 2.14. The summed E-state index contributed by atoms with van der Waals surface area (Å²) >= 11 is 0. The van der Waals surface area contributed by atoms with E-state index in [-0.39, 0.29) is 0 Å². The van der Waals surface area contributed by atoms with Gasteiger partial charge in [-0.15, -0.1) is 0 Å². The summed E-state index contributed by atoms with van der Waals surface area (Å²) in [6.07, 6.45) is 0.566. The van der Waals surface area contributed by atoms with Crippen LogP contribution in [0, 0.1) is 24.2 Å². The third-order valence-corrected chi connectivity index (χ3v) is 2.68.